The molecule has 0 radical (unpaired) electrons. The highest BCUT2D eigenvalue weighted by Gasteiger charge is 2.37. The molecule has 0 spiro atoms. The fourth-order valence-electron chi connectivity index (χ4n) is 3.11. The lowest BCUT2D eigenvalue weighted by molar-refractivity contribution is -0.131. The standard InChI is InChI=1S/C16H19N5O2S/c1-11(22)21(15-3-2-12(7-17)8-19-15)13-6-14(18-9-13)16(23)20-4-5-24-10-20/h2-3,8,13-14,18H,4-6,9-10H2,1H3/t13-,14-/m0/s1. The number of carbonyl (C=O) groups excluding carboxylic acids is 2. The van der Waals surface area contributed by atoms with Gasteiger partial charge in [0.05, 0.1) is 23.5 Å². The van der Waals surface area contributed by atoms with Gasteiger partial charge in [-0.1, -0.05) is 0 Å². The van der Waals surface area contributed by atoms with E-state index in [-0.39, 0.29) is 23.9 Å². The van der Waals surface area contributed by atoms with Crippen molar-refractivity contribution in [3.8, 4) is 6.07 Å². The van der Waals surface area contributed by atoms with Crippen molar-refractivity contribution >= 4 is 29.4 Å². The van der Waals surface area contributed by atoms with Gasteiger partial charge in [0.15, 0.2) is 0 Å². The van der Waals surface area contributed by atoms with Crippen LogP contribution in [0.25, 0.3) is 0 Å². The number of nitriles is 1. The van der Waals surface area contributed by atoms with Gasteiger partial charge in [-0.2, -0.15) is 5.26 Å². The van der Waals surface area contributed by atoms with Crippen LogP contribution < -0.4 is 10.2 Å². The Hall–Kier alpha value is -2.11. The minimum atomic E-state index is -0.256. The topological polar surface area (TPSA) is 89.3 Å². The molecule has 2 aliphatic heterocycles. The van der Waals surface area contributed by atoms with Crippen LogP contribution in [0.5, 0.6) is 0 Å². The summed E-state index contributed by atoms with van der Waals surface area (Å²) in [4.78, 5) is 32.3. The van der Waals surface area contributed by atoms with Crippen LogP contribution in [0.15, 0.2) is 18.3 Å². The maximum atomic E-state index is 12.5. The molecule has 8 heteroatoms. The van der Waals surface area contributed by atoms with Gasteiger partial charge in [-0.15, -0.1) is 11.8 Å². The fraction of sp³-hybridized carbons (Fsp3) is 0.500. The molecule has 126 valence electrons. The number of rotatable bonds is 3. The molecule has 1 aromatic rings. The molecule has 3 rings (SSSR count). The van der Waals surface area contributed by atoms with Crippen molar-refractivity contribution < 1.29 is 9.59 Å². The van der Waals surface area contributed by atoms with E-state index in [4.69, 9.17) is 5.26 Å². The molecule has 0 aliphatic carbocycles. The van der Waals surface area contributed by atoms with Crippen molar-refractivity contribution in [3.63, 3.8) is 0 Å². The molecule has 7 nitrogen and oxygen atoms in total. The first-order chi connectivity index (χ1) is 11.6. The molecule has 2 fully saturated rings. The Morgan fingerprint density at radius 1 is 1.50 bits per heavy atom. The van der Waals surface area contributed by atoms with Crippen LogP contribution in [0.2, 0.25) is 0 Å². The van der Waals surface area contributed by atoms with Gasteiger partial charge in [-0.05, 0) is 18.6 Å². The highest BCUT2D eigenvalue weighted by Crippen LogP contribution is 2.23. The Morgan fingerprint density at radius 3 is 2.92 bits per heavy atom. The summed E-state index contributed by atoms with van der Waals surface area (Å²) >= 11 is 1.76. The van der Waals surface area contributed by atoms with Crippen LogP contribution in [0.3, 0.4) is 0 Å². The molecular formula is C16H19N5O2S. The average molecular weight is 345 g/mol. The summed E-state index contributed by atoms with van der Waals surface area (Å²) in [6.45, 7) is 2.84. The van der Waals surface area contributed by atoms with E-state index in [1.54, 1.807) is 28.8 Å². The smallest absolute Gasteiger partial charge is 0.240 e. The van der Waals surface area contributed by atoms with Gasteiger partial charge in [-0.25, -0.2) is 4.98 Å². The zero-order valence-corrected chi connectivity index (χ0v) is 14.3. The molecule has 2 amide bonds. The number of hydrogen-bond donors (Lipinski definition) is 1. The number of nitrogens with one attached hydrogen (secondary N) is 1. The van der Waals surface area contributed by atoms with Crippen molar-refractivity contribution in [3.05, 3.63) is 23.9 Å². The average Bonchev–Trinajstić information content (AvgIpc) is 3.27. The van der Waals surface area contributed by atoms with E-state index >= 15 is 0 Å². The summed E-state index contributed by atoms with van der Waals surface area (Å²) < 4.78 is 0. The SMILES string of the molecule is CC(=O)N(c1ccc(C#N)cn1)[C@@H]1CN[C@H](C(=O)N2CCSC2)C1. The number of nitrogens with zero attached hydrogens (tertiary/aromatic N) is 4. The van der Waals surface area contributed by atoms with Gasteiger partial charge >= 0.3 is 0 Å². The third-order valence-electron chi connectivity index (χ3n) is 4.30. The summed E-state index contributed by atoms with van der Waals surface area (Å²) in [7, 11) is 0. The third-order valence-corrected chi connectivity index (χ3v) is 5.26. The van der Waals surface area contributed by atoms with Crippen molar-refractivity contribution in [1.29, 1.82) is 5.26 Å². The zero-order chi connectivity index (χ0) is 17.1. The van der Waals surface area contributed by atoms with Crippen LogP contribution >= 0.6 is 11.8 Å². The van der Waals surface area contributed by atoms with Crippen molar-refractivity contribution in [2.24, 2.45) is 0 Å². The predicted octanol–water partition coefficient (Wildman–Crippen LogP) is 0.570. The van der Waals surface area contributed by atoms with Gasteiger partial charge < -0.3 is 10.2 Å². The van der Waals surface area contributed by atoms with Crippen molar-refractivity contribution in [1.82, 2.24) is 15.2 Å². The largest absolute Gasteiger partial charge is 0.331 e. The molecule has 3 heterocycles. The lowest BCUT2D eigenvalue weighted by Gasteiger charge is -2.26. The normalized spacial score (nSPS) is 23.1. The zero-order valence-electron chi connectivity index (χ0n) is 13.4. The van der Waals surface area contributed by atoms with Crippen molar-refractivity contribution in [2.75, 3.05) is 29.6 Å². The Balaban J connectivity index is 1.72. The maximum absolute atomic E-state index is 12.5. The second-order valence-electron chi connectivity index (χ2n) is 5.90. The van der Waals surface area contributed by atoms with E-state index in [1.807, 2.05) is 11.0 Å². The quantitative estimate of drug-likeness (QED) is 0.861. The minimum Gasteiger partial charge on any atom is -0.331 e. The molecule has 2 saturated heterocycles. The second-order valence-corrected chi connectivity index (χ2v) is 6.97. The van der Waals surface area contributed by atoms with E-state index in [0.717, 1.165) is 18.2 Å². The lowest BCUT2D eigenvalue weighted by atomic mass is 10.1. The van der Waals surface area contributed by atoms with Crippen LogP contribution in [0, 0.1) is 11.3 Å². The summed E-state index contributed by atoms with van der Waals surface area (Å²) in [5.41, 5.74) is 0.450. The maximum Gasteiger partial charge on any atom is 0.240 e. The number of carbonyl (C=O) groups is 2. The molecule has 2 aliphatic rings. The number of thioether (sulfide) groups is 1. The third kappa shape index (κ3) is 3.37. The van der Waals surface area contributed by atoms with Gasteiger partial charge in [0.2, 0.25) is 11.8 Å². The molecule has 0 unspecified atom stereocenters. The molecular weight excluding hydrogens is 326 g/mol. The molecule has 1 aromatic heterocycles. The molecule has 0 aromatic carbocycles. The summed E-state index contributed by atoms with van der Waals surface area (Å²) in [5, 5.41) is 12.1. The van der Waals surface area contributed by atoms with E-state index in [0.29, 0.717) is 24.3 Å². The van der Waals surface area contributed by atoms with Crippen LogP contribution in [0.1, 0.15) is 18.9 Å². The summed E-state index contributed by atoms with van der Waals surface area (Å²) in [5.74, 6) is 2.23. The van der Waals surface area contributed by atoms with Crippen LogP contribution in [0.4, 0.5) is 5.82 Å². The highest BCUT2D eigenvalue weighted by molar-refractivity contribution is 7.99. The Labute approximate surface area is 145 Å². The second kappa shape index (κ2) is 7.20. The molecule has 0 bridgehead atoms. The number of pyridine rings is 1. The molecule has 24 heavy (non-hydrogen) atoms. The molecule has 1 N–H and O–H groups in total. The number of amides is 2. The first-order valence-electron chi connectivity index (χ1n) is 7.86. The van der Waals surface area contributed by atoms with E-state index in [9.17, 15) is 9.59 Å². The van der Waals surface area contributed by atoms with Crippen LogP contribution in [-0.2, 0) is 9.59 Å². The molecule has 2 atom stereocenters. The highest BCUT2D eigenvalue weighted by atomic mass is 32.2. The van der Waals surface area contributed by atoms with Gasteiger partial charge in [0.25, 0.3) is 0 Å². The number of aromatic nitrogens is 1. The van der Waals surface area contributed by atoms with E-state index in [1.165, 1.54) is 13.1 Å². The van der Waals surface area contributed by atoms with Crippen LogP contribution in [-0.4, -0.2) is 58.5 Å². The summed E-state index contributed by atoms with van der Waals surface area (Å²) in [6.07, 6.45) is 2.03. The van der Waals surface area contributed by atoms with Crippen molar-refractivity contribution in [2.45, 2.75) is 25.4 Å². The van der Waals surface area contributed by atoms with Gasteiger partial charge in [-0.3, -0.25) is 14.5 Å². The minimum absolute atomic E-state index is 0.110. The van der Waals surface area contributed by atoms with Gasteiger partial charge in [0, 0.05) is 32.0 Å². The first-order valence-corrected chi connectivity index (χ1v) is 9.01. The first kappa shape index (κ1) is 16.7. The lowest BCUT2D eigenvalue weighted by Crippen LogP contribution is -2.42. The van der Waals surface area contributed by atoms with Gasteiger partial charge in [0.1, 0.15) is 11.9 Å². The van der Waals surface area contributed by atoms with E-state index in [2.05, 4.69) is 10.3 Å². The fourth-order valence-corrected chi connectivity index (χ4v) is 4.07. The number of anilines is 1. The Morgan fingerprint density at radius 2 is 2.33 bits per heavy atom. The Kier molecular flexibility index (Phi) is 5.02. The predicted molar refractivity (Wildman–Crippen MR) is 91.3 cm³/mol. The summed E-state index contributed by atoms with van der Waals surface area (Å²) in [6, 6.07) is 4.96. The number of hydrogen-bond acceptors (Lipinski definition) is 6. The molecule has 0 saturated carbocycles. The van der Waals surface area contributed by atoms with E-state index < -0.39 is 0 Å². The Bertz CT molecular complexity index is 666. The monoisotopic (exact) mass is 345 g/mol.